The normalized spacial score (nSPS) is 14.8. The zero-order valence-electron chi connectivity index (χ0n) is 18.0. The number of imidazole rings is 1. The molecule has 0 amide bonds. The van der Waals surface area contributed by atoms with Crippen molar-refractivity contribution in [1.29, 1.82) is 0 Å². The van der Waals surface area contributed by atoms with Crippen LogP contribution in [-0.2, 0) is 6.54 Å². The van der Waals surface area contributed by atoms with Crippen molar-refractivity contribution in [2.45, 2.75) is 25.4 Å². The van der Waals surface area contributed by atoms with Crippen LogP contribution in [0.5, 0.6) is 5.88 Å². The van der Waals surface area contributed by atoms with Crippen LogP contribution in [0.3, 0.4) is 0 Å². The minimum absolute atomic E-state index is 0.230. The summed E-state index contributed by atoms with van der Waals surface area (Å²) in [6.45, 7) is 0.596. The number of nitrogens with one attached hydrogen (secondary N) is 3. The van der Waals surface area contributed by atoms with Crippen LogP contribution >= 0.6 is 11.3 Å². The number of aromatic amines is 2. The molecule has 0 spiro atoms. The van der Waals surface area contributed by atoms with Crippen molar-refractivity contribution in [3.05, 3.63) is 86.5 Å². The maximum absolute atomic E-state index is 11.5. The van der Waals surface area contributed by atoms with Crippen molar-refractivity contribution in [3.63, 3.8) is 0 Å². The number of nitrogens with zero attached hydrogens (tertiary/aromatic N) is 4. The molecule has 0 radical (unpaired) electrons. The van der Waals surface area contributed by atoms with Gasteiger partial charge in [0, 0.05) is 22.7 Å². The number of aromatic hydroxyl groups is 1. The summed E-state index contributed by atoms with van der Waals surface area (Å²) in [4.78, 5) is 27.2. The van der Waals surface area contributed by atoms with Gasteiger partial charge in [-0.15, -0.1) is 11.3 Å². The van der Waals surface area contributed by atoms with Crippen molar-refractivity contribution >= 4 is 28.9 Å². The number of aromatic nitrogens is 5. The summed E-state index contributed by atoms with van der Waals surface area (Å²) in [6.07, 6.45) is 5.42. The topological polar surface area (TPSA) is 123 Å². The van der Waals surface area contributed by atoms with Crippen LogP contribution < -0.4 is 21.7 Å². The molecule has 9 nitrogen and oxygen atoms in total. The molecule has 4 aromatic heterocycles. The molecule has 10 heteroatoms. The third-order valence-electron chi connectivity index (χ3n) is 5.64. The van der Waals surface area contributed by atoms with Gasteiger partial charge in [0.1, 0.15) is 11.5 Å². The lowest BCUT2D eigenvalue weighted by atomic mass is 10.1. The van der Waals surface area contributed by atoms with Crippen molar-refractivity contribution in [2.75, 3.05) is 5.32 Å². The highest BCUT2D eigenvalue weighted by Gasteiger charge is 2.20. The van der Waals surface area contributed by atoms with E-state index in [1.54, 1.807) is 28.1 Å². The standard InChI is InChI=1S/C24H21N7O2S/c32-23-18(28-24(33)30-23)10-15-13-26-31-21(27-16-7-8-16)11-20(29-22(15)31)25-12-14-4-1-2-5-17(14)19-6-3-9-34-19/h1-6,9-11,13,16,25,32H,7-8,12H2,(H2,28,30,33). The Bertz CT molecular complexity index is 1660. The predicted molar refractivity (Wildman–Crippen MR) is 131 cm³/mol. The summed E-state index contributed by atoms with van der Waals surface area (Å²) in [5.41, 5.74) is 3.45. The first-order valence-corrected chi connectivity index (χ1v) is 11.8. The quantitative estimate of drug-likeness (QED) is 0.303. The Kier molecular flexibility index (Phi) is 4.99. The number of benzene rings is 1. The summed E-state index contributed by atoms with van der Waals surface area (Å²) >= 11 is 1.71. The number of hydrogen-bond acceptors (Lipinski definition) is 7. The molecule has 5 aromatic rings. The molecule has 1 fully saturated rings. The summed E-state index contributed by atoms with van der Waals surface area (Å²) < 4.78 is 1.69. The first kappa shape index (κ1) is 20.4. The van der Waals surface area contributed by atoms with Gasteiger partial charge in [-0.3, -0.25) is 9.98 Å². The van der Waals surface area contributed by atoms with E-state index >= 15 is 0 Å². The third kappa shape index (κ3) is 3.99. The molecular formula is C24H21N7O2S. The Labute approximate surface area is 197 Å². The highest BCUT2D eigenvalue weighted by Crippen LogP contribution is 2.28. The lowest BCUT2D eigenvalue weighted by Crippen LogP contribution is -2.20. The zero-order chi connectivity index (χ0) is 23.1. The van der Waals surface area contributed by atoms with E-state index < -0.39 is 5.69 Å². The van der Waals surface area contributed by atoms with E-state index in [0.717, 1.165) is 12.8 Å². The van der Waals surface area contributed by atoms with Gasteiger partial charge in [0.2, 0.25) is 5.88 Å². The van der Waals surface area contributed by atoms with Crippen LogP contribution in [0.15, 0.2) is 63.8 Å². The summed E-state index contributed by atoms with van der Waals surface area (Å²) in [6, 6.07) is 14.7. The Morgan fingerprint density at radius 1 is 1.24 bits per heavy atom. The number of thiophene rings is 1. The maximum atomic E-state index is 11.5. The summed E-state index contributed by atoms with van der Waals surface area (Å²) in [7, 11) is 0. The molecule has 1 aliphatic rings. The van der Waals surface area contributed by atoms with E-state index in [1.165, 1.54) is 16.0 Å². The monoisotopic (exact) mass is 471 g/mol. The Hall–Kier alpha value is -4.18. The first-order chi connectivity index (χ1) is 16.6. The van der Waals surface area contributed by atoms with Gasteiger partial charge in [0.25, 0.3) is 0 Å². The van der Waals surface area contributed by atoms with Crippen molar-refractivity contribution in [1.82, 2.24) is 24.6 Å². The summed E-state index contributed by atoms with van der Waals surface area (Å²) in [5, 5.41) is 20.6. The predicted octanol–water partition coefficient (Wildman–Crippen LogP) is 2.40. The molecule has 4 N–H and O–H groups in total. The largest absolute Gasteiger partial charge is 0.493 e. The van der Waals surface area contributed by atoms with Crippen LogP contribution in [0.2, 0.25) is 0 Å². The second-order valence-electron chi connectivity index (χ2n) is 8.17. The van der Waals surface area contributed by atoms with E-state index in [-0.39, 0.29) is 11.6 Å². The van der Waals surface area contributed by atoms with Gasteiger partial charge in [0.05, 0.1) is 12.2 Å². The average Bonchev–Trinajstić information content (AvgIpc) is 3.20. The van der Waals surface area contributed by atoms with E-state index in [9.17, 15) is 9.90 Å². The lowest BCUT2D eigenvalue weighted by molar-refractivity contribution is 0.454. The van der Waals surface area contributed by atoms with Gasteiger partial charge in [-0.25, -0.2) is 9.78 Å². The average molecular weight is 472 g/mol. The molecule has 6 rings (SSSR count). The van der Waals surface area contributed by atoms with Gasteiger partial charge in [-0.05, 0) is 41.5 Å². The number of H-pyrrole nitrogens is 2. The number of fused-ring (bicyclic) bond motifs is 1. The van der Waals surface area contributed by atoms with E-state index in [1.807, 2.05) is 18.2 Å². The van der Waals surface area contributed by atoms with E-state index in [2.05, 4.69) is 50.0 Å². The minimum atomic E-state index is -0.482. The molecule has 0 atom stereocenters. The molecule has 0 aliphatic heterocycles. The maximum Gasteiger partial charge on any atom is 0.326 e. The molecule has 1 aromatic carbocycles. The highest BCUT2D eigenvalue weighted by molar-refractivity contribution is 7.13. The zero-order valence-corrected chi connectivity index (χ0v) is 18.8. The number of rotatable bonds is 6. The van der Waals surface area contributed by atoms with Crippen LogP contribution in [0.1, 0.15) is 24.1 Å². The van der Waals surface area contributed by atoms with Gasteiger partial charge < -0.3 is 15.4 Å². The second-order valence-corrected chi connectivity index (χ2v) is 9.12. The van der Waals surface area contributed by atoms with Crippen LogP contribution in [0.4, 0.5) is 5.82 Å². The van der Waals surface area contributed by atoms with Gasteiger partial charge in [-0.2, -0.15) is 9.61 Å². The molecular weight excluding hydrogens is 450 g/mol. The molecule has 170 valence electrons. The fourth-order valence-corrected chi connectivity index (χ4v) is 4.61. The Morgan fingerprint density at radius 2 is 2.12 bits per heavy atom. The second kappa shape index (κ2) is 8.31. The molecule has 0 unspecified atom stereocenters. The lowest BCUT2D eigenvalue weighted by Gasteiger charge is -2.10. The van der Waals surface area contributed by atoms with E-state index in [4.69, 9.17) is 9.98 Å². The van der Waals surface area contributed by atoms with Crippen LogP contribution in [0.25, 0.3) is 22.2 Å². The molecule has 0 bridgehead atoms. The highest BCUT2D eigenvalue weighted by atomic mass is 32.1. The van der Waals surface area contributed by atoms with Gasteiger partial charge in [0.15, 0.2) is 11.1 Å². The molecule has 34 heavy (non-hydrogen) atoms. The molecule has 4 heterocycles. The van der Waals surface area contributed by atoms with E-state index in [0.29, 0.717) is 34.8 Å². The Balaban J connectivity index is 1.41. The van der Waals surface area contributed by atoms with Crippen LogP contribution in [0, 0.1) is 0 Å². The van der Waals surface area contributed by atoms with Crippen molar-refractivity contribution in [2.24, 2.45) is 4.99 Å². The number of anilines is 1. The summed E-state index contributed by atoms with van der Waals surface area (Å²) in [5.74, 6) is 0.446. The molecule has 0 saturated heterocycles. The van der Waals surface area contributed by atoms with Gasteiger partial charge >= 0.3 is 5.69 Å². The fraction of sp³-hybridized carbons (Fsp3) is 0.167. The number of hydrogen-bond donors (Lipinski definition) is 4. The van der Waals surface area contributed by atoms with Crippen molar-refractivity contribution < 1.29 is 5.11 Å². The minimum Gasteiger partial charge on any atom is -0.493 e. The van der Waals surface area contributed by atoms with Gasteiger partial charge in [-0.1, -0.05) is 30.3 Å². The fourth-order valence-electron chi connectivity index (χ4n) is 3.82. The molecule has 1 aliphatic carbocycles. The SMILES string of the molecule is O=c1[nH]c(O)c(C=c2cnn3c(=NC4CC4)cc(NCc4ccccc4-c4cccs4)nc23)[nH]1. The first-order valence-electron chi connectivity index (χ1n) is 11.0. The van der Waals surface area contributed by atoms with Crippen LogP contribution in [-0.4, -0.2) is 35.7 Å². The van der Waals surface area contributed by atoms with Crippen molar-refractivity contribution in [3.8, 4) is 16.3 Å². The Morgan fingerprint density at radius 3 is 2.88 bits per heavy atom. The third-order valence-corrected chi connectivity index (χ3v) is 6.54. The smallest absolute Gasteiger partial charge is 0.326 e. The molecule has 1 saturated carbocycles.